The molecule has 0 bridgehead atoms. The summed E-state index contributed by atoms with van der Waals surface area (Å²) in [6, 6.07) is 7.14. The van der Waals surface area contributed by atoms with Gasteiger partial charge >= 0.3 is 0 Å². The number of hydrogen-bond acceptors (Lipinski definition) is 1. The standard InChI is InChI=1S/C18H28BrN/c1-5-18(3,4)14-7-10-16(11-8-14)20-17-12-15(19)9-6-13(17)2/h6,9,12,14,16,20H,5,7-8,10-11H2,1-4H3. The van der Waals surface area contributed by atoms with Gasteiger partial charge in [0.05, 0.1) is 0 Å². The lowest BCUT2D eigenvalue weighted by atomic mass is 9.69. The average Bonchev–Trinajstić information content (AvgIpc) is 2.43. The van der Waals surface area contributed by atoms with Gasteiger partial charge in [-0.3, -0.25) is 0 Å². The molecular formula is C18H28BrN. The van der Waals surface area contributed by atoms with Gasteiger partial charge in [-0.15, -0.1) is 0 Å². The van der Waals surface area contributed by atoms with Gasteiger partial charge < -0.3 is 5.32 Å². The number of rotatable bonds is 4. The highest BCUT2D eigenvalue weighted by Gasteiger charge is 2.31. The molecule has 0 amide bonds. The third-order valence-electron chi connectivity index (χ3n) is 5.30. The Balaban J connectivity index is 1.93. The van der Waals surface area contributed by atoms with Crippen molar-refractivity contribution in [3.63, 3.8) is 0 Å². The van der Waals surface area contributed by atoms with Crippen LogP contribution in [0.1, 0.15) is 58.4 Å². The summed E-state index contributed by atoms with van der Waals surface area (Å²) in [6.45, 7) is 9.38. The minimum atomic E-state index is 0.511. The van der Waals surface area contributed by atoms with Crippen LogP contribution >= 0.6 is 15.9 Å². The van der Waals surface area contributed by atoms with Crippen molar-refractivity contribution < 1.29 is 0 Å². The summed E-state index contributed by atoms with van der Waals surface area (Å²) in [5.41, 5.74) is 3.14. The highest BCUT2D eigenvalue weighted by atomic mass is 79.9. The number of hydrogen-bond donors (Lipinski definition) is 1. The van der Waals surface area contributed by atoms with E-state index >= 15 is 0 Å². The third kappa shape index (κ3) is 3.78. The summed E-state index contributed by atoms with van der Waals surface area (Å²) in [6.07, 6.45) is 6.64. The summed E-state index contributed by atoms with van der Waals surface area (Å²) in [7, 11) is 0. The van der Waals surface area contributed by atoms with Crippen molar-refractivity contribution in [2.24, 2.45) is 11.3 Å². The molecular weight excluding hydrogens is 310 g/mol. The fourth-order valence-corrected chi connectivity index (χ4v) is 3.64. The monoisotopic (exact) mass is 337 g/mol. The summed E-state index contributed by atoms with van der Waals surface area (Å²) < 4.78 is 1.16. The second-order valence-electron chi connectivity index (χ2n) is 6.99. The molecule has 1 aromatic carbocycles. The number of aryl methyl sites for hydroxylation is 1. The van der Waals surface area contributed by atoms with Crippen molar-refractivity contribution in [1.29, 1.82) is 0 Å². The van der Waals surface area contributed by atoms with E-state index in [0.29, 0.717) is 11.5 Å². The van der Waals surface area contributed by atoms with E-state index in [4.69, 9.17) is 0 Å². The maximum atomic E-state index is 3.75. The van der Waals surface area contributed by atoms with Crippen LogP contribution in [0.2, 0.25) is 0 Å². The second-order valence-corrected chi connectivity index (χ2v) is 7.91. The highest BCUT2D eigenvalue weighted by molar-refractivity contribution is 9.10. The fraction of sp³-hybridized carbons (Fsp3) is 0.667. The topological polar surface area (TPSA) is 12.0 Å². The molecule has 1 nitrogen and oxygen atoms in total. The van der Waals surface area contributed by atoms with E-state index < -0.39 is 0 Å². The van der Waals surface area contributed by atoms with Crippen LogP contribution in [0.5, 0.6) is 0 Å². The fourth-order valence-electron chi connectivity index (χ4n) is 3.28. The van der Waals surface area contributed by atoms with Crippen LogP contribution in [0.25, 0.3) is 0 Å². The van der Waals surface area contributed by atoms with Crippen LogP contribution in [0, 0.1) is 18.3 Å². The van der Waals surface area contributed by atoms with Gasteiger partial charge in [-0.05, 0) is 61.6 Å². The molecule has 1 aliphatic rings. The minimum absolute atomic E-state index is 0.511. The SMILES string of the molecule is CCC(C)(C)C1CCC(Nc2cc(Br)ccc2C)CC1. The molecule has 1 aromatic rings. The molecule has 0 unspecified atom stereocenters. The van der Waals surface area contributed by atoms with Gasteiger partial charge in [-0.2, -0.15) is 0 Å². The van der Waals surface area contributed by atoms with Crippen LogP contribution in [0.15, 0.2) is 22.7 Å². The average molecular weight is 338 g/mol. The van der Waals surface area contributed by atoms with Crippen molar-refractivity contribution in [1.82, 2.24) is 0 Å². The first-order chi connectivity index (χ1) is 9.42. The predicted octanol–water partition coefficient (Wildman–Crippen LogP) is 6.16. The van der Waals surface area contributed by atoms with E-state index in [-0.39, 0.29) is 0 Å². The Morgan fingerprint density at radius 2 is 1.85 bits per heavy atom. The molecule has 0 aromatic heterocycles. The summed E-state index contributed by atoms with van der Waals surface area (Å²) in [5.74, 6) is 0.897. The lowest BCUT2D eigenvalue weighted by Gasteiger charge is -2.39. The van der Waals surface area contributed by atoms with Gasteiger partial charge in [0.1, 0.15) is 0 Å². The smallest absolute Gasteiger partial charge is 0.0383 e. The first-order valence-corrected chi connectivity index (χ1v) is 8.74. The molecule has 0 spiro atoms. The van der Waals surface area contributed by atoms with E-state index in [2.05, 4.69) is 67.1 Å². The van der Waals surface area contributed by atoms with Gasteiger partial charge in [0.25, 0.3) is 0 Å². The number of benzene rings is 1. The Labute approximate surface area is 132 Å². The lowest BCUT2D eigenvalue weighted by molar-refractivity contribution is 0.147. The van der Waals surface area contributed by atoms with Crippen LogP contribution in [-0.2, 0) is 0 Å². The molecule has 1 fully saturated rings. The Morgan fingerprint density at radius 3 is 2.45 bits per heavy atom. The van der Waals surface area contributed by atoms with E-state index in [1.165, 1.54) is 43.4 Å². The van der Waals surface area contributed by atoms with Crippen molar-refractivity contribution in [3.8, 4) is 0 Å². The molecule has 0 heterocycles. The molecule has 0 aliphatic heterocycles. The van der Waals surface area contributed by atoms with E-state index in [0.717, 1.165) is 10.4 Å². The maximum Gasteiger partial charge on any atom is 0.0383 e. The van der Waals surface area contributed by atoms with Crippen LogP contribution in [0.4, 0.5) is 5.69 Å². The summed E-state index contributed by atoms with van der Waals surface area (Å²) >= 11 is 3.57. The van der Waals surface area contributed by atoms with Gasteiger partial charge in [0.2, 0.25) is 0 Å². The molecule has 2 rings (SSSR count). The number of nitrogens with one attached hydrogen (secondary N) is 1. The van der Waals surface area contributed by atoms with Crippen LogP contribution in [0.3, 0.4) is 0 Å². The Kier molecular flexibility index (Phi) is 5.17. The van der Waals surface area contributed by atoms with Gasteiger partial charge in [0, 0.05) is 16.2 Å². The first-order valence-electron chi connectivity index (χ1n) is 7.95. The zero-order valence-corrected chi connectivity index (χ0v) is 14.9. The summed E-state index contributed by atoms with van der Waals surface area (Å²) in [4.78, 5) is 0. The Bertz CT molecular complexity index is 445. The van der Waals surface area contributed by atoms with Gasteiger partial charge in [0.15, 0.2) is 0 Å². The van der Waals surface area contributed by atoms with Gasteiger partial charge in [-0.1, -0.05) is 49.2 Å². The van der Waals surface area contributed by atoms with E-state index in [9.17, 15) is 0 Å². The van der Waals surface area contributed by atoms with Crippen LogP contribution < -0.4 is 5.32 Å². The Hall–Kier alpha value is -0.500. The molecule has 1 saturated carbocycles. The van der Waals surface area contributed by atoms with Gasteiger partial charge in [-0.25, -0.2) is 0 Å². The number of anilines is 1. The predicted molar refractivity (Wildman–Crippen MR) is 92.3 cm³/mol. The zero-order valence-electron chi connectivity index (χ0n) is 13.3. The molecule has 2 heteroatoms. The lowest BCUT2D eigenvalue weighted by Crippen LogP contribution is -2.32. The zero-order chi connectivity index (χ0) is 14.8. The molecule has 0 atom stereocenters. The molecule has 0 radical (unpaired) electrons. The maximum absolute atomic E-state index is 3.75. The molecule has 112 valence electrons. The molecule has 1 aliphatic carbocycles. The third-order valence-corrected chi connectivity index (χ3v) is 5.80. The Morgan fingerprint density at radius 1 is 1.20 bits per heavy atom. The summed E-state index contributed by atoms with van der Waals surface area (Å²) in [5, 5.41) is 3.75. The van der Waals surface area contributed by atoms with E-state index in [1.54, 1.807) is 0 Å². The van der Waals surface area contributed by atoms with Crippen molar-refractivity contribution in [2.75, 3.05) is 5.32 Å². The number of halogens is 1. The van der Waals surface area contributed by atoms with Crippen molar-refractivity contribution >= 4 is 21.6 Å². The van der Waals surface area contributed by atoms with Crippen molar-refractivity contribution in [3.05, 3.63) is 28.2 Å². The van der Waals surface area contributed by atoms with E-state index in [1.807, 2.05) is 0 Å². The quantitative estimate of drug-likeness (QED) is 0.693. The minimum Gasteiger partial charge on any atom is -0.382 e. The normalized spacial score (nSPS) is 23.6. The second kappa shape index (κ2) is 6.51. The largest absolute Gasteiger partial charge is 0.382 e. The van der Waals surface area contributed by atoms with Crippen molar-refractivity contribution in [2.45, 2.75) is 65.8 Å². The molecule has 1 N–H and O–H groups in total. The molecule has 20 heavy (non-hydrogen) atoms. The highest BCUT2D eigenvalue weighted by Crippen LogP contribution is 2.41. The van der Waals surface area contributed by atoms with Crippen LogP contribution in [-0.4, -0.2) is 6.04 Å². The first kappa shape index (κ1) is 15.9. The molecule has 0 saturated heterocycles.